The molecule has 3 nitrogen and oxygen atoms in total. The highest BCUT2D eigenvalue weighted by molar-refractivity contribution is 9.10. The summed E-state index contributed by atoms with van der Waals surface area (Å²) in [6.45, 7) is 1.92. The quantitative estimate of drug-likeness (QED) is 0.615. The molecule has 0 aromatic heterocycles. The van der Waals surface area contributed by atoms with Crippen molar-refractivity contribution in [3.63, 3.8) is 0 Å². The number of halogens is 1. The van der Waals surface area contributed by atoms with Gasteiger partial charge in [-0.25, -0.2) is 0 Å². The Morgan fingerprint density at radius 1 is 0.840 bits per heavy atom. The second-order valence-electron chi connectivity index (χ2n) is 5.71. The van der Waals surface area contributed by atoms with Crippen LogP contribution in [-0.4, -0.2) is 11.7 Å². The van der Waals surface area contributed by atoms with Crippen molar-refractivity contribution in [2.45, 2.75) is 6.92 Å². The molecule has 1 N–H and O–H groups in total. The van der Waals surface area contributed by atoms with E-state index in [4.69, 9.17) is 0 Å². The van der Waals surface area contributed by atoms with Crippen LogP contribution in [0.25, 0.3) is 0 Å². The zero-order valence-electron chi connectivity index (χ0n) is 13.6. The Morgan fingerprint density at radius 3 is 2.28 bits per heavy atom. The van der Waals surface area contributed by atoms with Crippen LogP contribution in [0.2, 0.25) is 0 Å². The van der Waals surface area contributed by atoms with Crippen LogP contribution in [-0.2, 0) is 0 Å². The summed E-state index contributed by atoms with van der Waals surface area (Å²) in [5.41, 5.74) is 3.05. The fourth-order valence-corrected chi connectivity index (χ4v) is 2.92. The lowest BCUT2D eigenvalue weighted by molar-refractivity contribution is 0.102. The van der Waals surface area contributed by atoms with Gasteiger partial charge in [0.25, 0.3) is 5.91 Å². The highest BCUT2D eigenvalue weighted by Gasteiger charge is 2.16. The predicted molar refractivity (Wildman–Crippen MR) is 103 cm³/mol. The van der Waals surface area contributed by atoms with Gasteiger partial charge in [0.2, 0.25) is 0 Å². The maximum Gasteiger partial charge on any atom is 0.255 e. The van der Waals surface area contributed by atoms with Gasteiger partial charge in [-0.3, -0.25) is 9.59 Å². The molecule has 3 aromatic carbocycles. The third kappa shape index (κ3) is 4.03. The van der Waals surface area contributed by atoms with E-state index in [1.165, 1.54) is 0 Å². The minimum atomic E-state index is -0.257. The lowest BCUT2D eigenvalue weighted by atomic mass is 9.99. The van der Waals surface area contributed by atoms with Crippen LogP contribution in [0.4, 0.5) is 5.69 Å². The van der Waals surface area contributed by atoms with Crippen molar-refractivity contribution in [3.8, 4) is 0 Å². The second kappa shape index (κ2) is 7.45. The van der Waals surface area contributed by atoms with Crippen molar-refractivity contribution in [2.24, 2.45) is 0 Å². The highest BCUT2D eigenvalue weighted by Crippen LogP contribution is 2.22. The van der Waals surface area contributed by atoms with Crippen molar-refractivity contribution in [1.82, 2.24) is 0 Å². The van der Waals surface area contributed by atoms with E-state index in [1.807, 2.05) is 37.3 Å². The fourth-order valence-electron chi connectivity index (χ4n) is 2.52. The number of benzene rings is 3. The Labute approximate surface area is 154 Å². The molecule has 25 heavy (non-hydrogen) atoms. The van der Waals surface area contributed by atoms with E-state index in [9.17, 15) is 9.59 Å². The summed E-state index contributed by atoms with van der Waals surface area (Å²) in [6.07, 6.45) is 0. The molecule has 0 unspecified atom stereocenters. The number of amides is 1. The minimum absolute atomic E-state index is 0.117. The largest absolute Gasteiger partial charge is 0.321 e. The average Bonchev–Trinajstić information content (AvgIpc) is 2.63. The summed E-state index contributed by atoms with van der Waals surface area (Å²) in [7, 11) is 0. The first-order valence-corrected chi connectivity index (χ1v) is 8.61. The van der Waals surface area contributed by atoms with E-state index in [0.717, 1.165) is 10.0 Å². The van der Waals surface area contributed by atoms with Crippen molar-refractivity contribution in [3.05, 3.63) is 99.5 Å². The molecule has 1 amide bonds. The number of rotatable bonds is 4. The molecular formula is C21H16BrNO2. The molecule has 124 valence electrons. The molecule has 4 heteroatoms. The van der Waals surface area contributed by atoms with Gasteiger partial charge in [-0.2, -0.15) is 0 Å². The Hall–Kier alpha value is -2.72. The van der Waals surface area contributed by atoms with Gasteiger partial charge in [0, 0.05) is 21.2 Å². The predicted octanol–water partition coefficient (Wildman–Crippen LogP) is 5.24. The van der Waals surface area contributed by atoms with Crippen molar-refractivity contribution >= 4 is 33.3 Å². The number of hydrogen-bond donors (Lipinski definition) is 1. The molecule has 0 radical (unpaired) electrons. The van der Waals surface area contributed by atoms with Gasteiger partial charge in [0.05, 0.1) is 5.69 Å². The molecule has 0 aliphatic heterocycles. The number of carbonyl (C=O) groups is 2. The lowest BCUT2D eigenvalue weighted by Crippen LogP contribution is -2.15. The summed E-state index contributed by atoms with van der Waals surface area (Å²) < 4.78 is 0.824. The zero-order valence-corrected chi connectivity index (χ0v) is 15.2. The Morgan fingerprint density at radius 2 is 1.56 bits per heavy atom. The van der Waals surface area contributed by atoms with E-state index in [0.29, 0.717) is 22.4 Å². The molecule has 0 spiro atoms. The summed E-state index contributed by atoms with van der Waals surface area (Å²) >= 11 is 3.36. The van der Waals surface area contributed by atoms with E-state index in [-0.39, 0.29) is 11.7 Å². The lowest BCUT2D eigenvalue weighted by Gasteiger charge is -2.12. The van der Waals surface area contributed by atoms with Gasteiger partial charge in [-0.15, -0.1) is 0 Å². The number of nitrogens with one attached hydrogen (secondary N) is 1. The third-order valence-electron chi connectivity index (χ3n) is 3.79. The average molecular weight is 394 g/mol. The second-order valence-corrected chi connectivity index (χ2v) is 6.62. The van der Waals surface area contributed by atoms with Crippen LogP contribution >= 0.6 is 15.9 Å². The first-order chi connectivity index (χ1) is 12.0. The Bertz CT molecular complexity index is 936. The number of ketones is 1. The SMILES string of the molecule is Cc1ccc(NC(=O)c2cccc(Br)c2)c(C(=O)c2ccccc2)c1. The van der Waals surface area contributed by atoms with Crippen LogP contribution in [0.5, 0.6) is 0 Å². The molecule has 0 aliphatic rings. The molecule has 3 rings (SSSR count). The minimum Gasteiger partial charge on any atom is -0.321 e. The standard InChI is InChI=1S/C21H16BrNO2/c1-14-10-11-19(23-21(25)16-8-5-9-17(22)13-16)18(12-14)20(24)15-6-3-2-4-7-15/h2-13H,1H3,(H,23,25). The Balaban J connectivity index is 1.94. The molecular weight excluding hydrogens is 378 g/mol. The van der Waals surface area contributed by atoms with Crippen molar-refractivity contribution in [1.29, 1.82) is 0 Å². The molecule has 0 atom stereocenters. The summed E-state index contributed by atoms with van der Waals surface area (Å²) in [5, 5.41) is 2.85. The van der Waals surface area contributed by atoms with E-state index >= 15 is 0 Å². The summed E-state index contributed by atoms with van der Waals surface area (Å²) in [5.74, 6) is -0.374. The highest BCUT2D eigenvalue weighted by atomic mass is 79.9. The van der Waals surface area contributed by atoms with Crippen LogP contribution in [0.15, 0.2) is 77.3 Å². The van der Waals surface area contributed by atoms with Gasteiger partial charge < -0.3 is 5.32 Å². The Kier molecular flexibility index (Phi) is 5.10. The number of hydrogen-bond acceptors (Lipinski definition) is 2. The van der Waals surface area contributed by atoms with Gasteiger partial charge in [-0.1, -0.05) is 64.0 Å². The van der Waals surface area contributed by atoms with E-state index < -0.39 is 0 Å². The van der Waals surface area contributed by atoms with Crippen LogP contribution in [0, 0.1) is 6.92 Å². The fraction of sp³-hybridized carbons (Fsp3) is 0.0476. The van der Waals surface area contributed by atoms with Gasteiger partial charge in [0.15, 0.2) is 5.78 Å². The maximum atomic E-state index is 12.8. The first kappa shape index (κ1) is 17.1. The number of carbonyl (C=O) groups excluding carboxylic acids is 2. The van der Waals surface area contributed by atoms with Gasteiger partial charge >= 0.3 is 0 Å². The van der Waals surface area contributed by atoms with E-state index in [1.54, 1.807) is 42.5 Å². The molecule has 0 heterocycles. The van der Waals surface area contributed by atoms with Crippen LogP contribution in [0.3, 0.4) is 0 Å². The maximum absolute atomic E-state index is 12.8. The number of aryl methyl sites for hydroxylation is 1. The molecule has 0 aliphatic carbocycles. The summed E-state index contributed by atoms with van der Waals surface area (Å²) in [4.78, 5) is 25.4. The number of anilines is 1. The molecule has 0 bridgehead atoms. The smallest absolute Gasteiger partial charge is 0.255 e. The van der Waals surface area contributed by atoms with E-state index in [2.05, 4.69) is 21.2 Å². The first-order valence-electron chi connectivity index (χ1n) is 7.82. The topological polar surface area (TPSA) is 46.2 Å². The monoisotopic (exact) mass is 393 g/mol. The van der Waals surface area contributed by atoms with Crippen molar-refractivity contribution < 1.29 is 9.59 Å². The van der Waals surface area contributed by atoms with Crippen molar-refractivity contribution in [2.75, 3.05) is 5.32 Å². The third-order valence-corrected chi connectivity index (χ3v) is 4.28. The normalized spacial score (nSPS) is 10.3. The molecule has 0 fully saturated rings. The molecule has 3 aromatic rings. The van der Waals surface area contributed by atoms with Gasteiger partial charge in [-0.05, 0) is 37.3 Å². The van der Waals surface area contributed by atoms with Gasteiger partial charge in [0.1, 0.15) is 0 Å². The van der Waals surface area contributed by atoms with Crippen LogP contribution in [0.1, 0.15) is 31.8 Å². The molecule has 0 saturated carbocycles. The zero-order chi connectivity index (χ0) is 17.8. The summed E-state index contributed by atoms with van der Waals surface area (Å²) in [6, 6.07) is 21.6. The molecule has 0 saturated heterocycles. The van der Waals surface area contributed by atoms with Crippen LogP contribution < -0.4 is 5.32 Å².